The molecule has 0 spiro atoms. The van der Waals surface area contributed by atoms with Crippen LogP contribution >= 0.6 is 23.1 Å². The Morgan fingerprint density at radius 1 is 1.39 bits per heavy atom. The lowest BCUT2D eigenvalue weighted by atomic mass is 10.2. The number of benzene rings is 1. The second kappa shape index (κ2) is 6.92. The summed E-state index contributed by atoms with van der Waals surface area (Å²) in [5, 5.41) is 6.62. The highest BCUT2D eigenvalue weighted by Gasteiger charge is 2.10. The lowest BCUT2D eigenvalue weighted by molar-refractivity contribution is 0.615. The molecule has 1 heterocycles. The van der Waals surface area contributed by atoms with Crippen molar-refractivity contribution in [1.29, 1.82) is 0 Å². The fraction of sp³-hybridized carbons (Fsp3) is 0.357. The zero-order valence-corrected chi connectivity index (χ0v) is 12.4. The Balaban J connectivity index is 1.89. The van der Waals surface area contributed by atoms with E-state index >= 15 is 0 Å². The van der Waals surface area contributed by atoms with Crippen LogP contribution in [0.4, 0.5) is 0 Å². The summed E-state index contributed by atoms with van der Waals surface area (Å²) in [6.07, 6.45) is 2.88. The van der Waals surface area contributed by atoms with Crippen molar-refractivity contribution in [3.63, 3.8) is 0 Å². The van der Waals surface area contributed by atoms with E-state index in [-0.39, 0.29) is 0 Å². The second-order valence-corrected chi connectivity index (χ2v) is 6.23. The molecule has 1 atom stereocenters. The molecule has 2 aromatic rings. The van der Waals surface area contributed by atoms with Gasteiger partial charge in [0.25, 0.3) is 0 Å². The van der Waals surface area contributed by atoms with Gasteiger partial charge in [0, 0.05) is 34.7 Å². The highest BCUT2D eigenvalue weighted by Crippen LogP contribution is 2.23. The van der Waals surface area contributed by atoms with E-state index in [0.29, 0.717) is 6.04 Å². The first-order chi connectivity index (χ1) is 8.79. The van der Waals surface area contributed by atoms with Crippen LogP contribution in [0.5, 0.6) is 0 Å². The zero-order chi connectivity index (χ0) is 12.8. The molecule has 2 nitrogen and oxygen atoms in total. The number of aromatic nitrogens is 1. The maximum atomic E-state index is 4.35. The van der Waals surface area contributed by atoms with E-state index in [0.717, 1.165) is 12.2 Å². The van der Waals surface area contributed by atoms with Crippen LogP contribution in [-0.2, 0) is 6.42 Å². The first-order valence-corrected chi connectivity index (χ1v) is 7.90. The SMILES string of the molecule is CNC(CSc1ccccc1C)Cc1nccs1. The van der Waals surface area contributed by atoms with E-state index in [2.05, 4.69) is 41.5 Å². The molecule has 1 aromatic carbocycles. The summed E-state index contributed by atoms with van der Waals surface area (Å²) in [6.45, 7) is 2.16. The summed E-state index contributed by atoms with van der Waals surface area (Å²) >= 11 is 3.65. The first kappa shape index (κ1) is 13.6. The first-order valence-electron chi connectivity index (χ1n) is 6.03. The van der Waals surface area contributed by atoms with Crippen LogP contribution in [0.3, 0.4) is 0 Å². The van der Waals surface area contributed by atoms with Gasteiger partial charge in [0.1, 0.15) is 0 Å². The second-order valence-electron chi connectivity index (χ2n) is 4.19. The van der Waals surface area contributed by atoms with Crippen molar-refractivity contribution >= 4 is 23.1 Å². The molecule has 1 N–H and O–H groups in total. The molecule has 0 bridgehead atoms. The maximum Gasteiger partial charge on any atom is 0.0940 e. The standard InChI is InChI=1S/C14H18N2S2/c1-11-5-3-4-6-13(11)18-10-12(15-2)9-14-16-7-8-17-14/h3-8,12,15H,9-10H2,1-2H3. The van der Waals surface area contributed by atoms with Crippen LogP contribution < -0.4 is 5.32 Å². The highest BCUT2D eigenvalue weighted by atomic mass is 32.2. The molecular weight excluding hydrogens is 260 g/mol. The molecular formula is C14H18N2S2. The van der Waals surface area contributed by atoms with Gasteiger partial charge in [-0.3, -0.25) is 0 Å². The van der Waals surface area contributed by atoms with Crippen LogP contribution in [0, 0.1) is 6.92 Å². The largest absolute Gasteiger partial charge is 0.316 e. The third-order valence-electron chi connectivity index (χ3n) is 2.85. The smallest absolute Gasteiger partial charge is 0.0940 e. The minimum absolute atomic E-state index is 0.473. The number of thiazole rings is 1. The van der Waals surface area contributed by atoms with E-state index in [1.54, 1.807) is 11.3 Å². The minimum Gasteiger partial charge on any atom is -0.316 e. The Bertz CT molecular complexity index is 468. The molecule has 0 saturated carbocycles. The summed E-state index contributed by atoms with van der Waals surface area (Å²) in [6, 6.07) is 9.02. The van der Waals surface area contributed by atoms with E-state index in [9.17, 15) is 0 Å². The topological polar surface area (TPSA) is 24.9 Å². The van der Waals surface area contributed by atoms with E-state index < -0.39 is 0 Å². The molecule has 4 heteroatoms. The van der Waals surface area contributed by atoms with Crippen molar-refractivity contribution < 1.29 is 0 Å². The van der Waals surface area contributed by atoms with Crippen LogP contribution in [0.2, 0.25) is 0 Å². The molecule has 18 heavy (non-hydrogen) atoms. The van der Waals surface area contributed by atoms with Gasteiger partial charge in [0.15, 0.2) is 0 Å². The third-order valence-corrected chi connectivity index (χ3v) is 4.99. The van der Waals surface area contributed by atoms with Gasteiger partial charge in [-0.2, -0.15) is 0 Å². The molecule has 0 aliphatic carbocycles. The number of thioether (sulfide) groups is 1. The normalized spacial score (nSPS) is 12.6. The van der Waals surface area contributed by atoms with E-state index in [4.69, 9.17) is 0 Å². The molecule has 96 valence electrons. The lowest BCUT2D eigenvalue weighted by Gasteiger charge is -2.15. The monoisotopic (exact) mass is 278 g/mol. The molecule has 0 aliphatic rings. The van der Waals surface area contributed by atoms with Gasteiger partial charge in [0.05, 0.1) is 5.01 Å². The molecule has 0 fully saturated rings. The fourth-order valence-corrected chi connectivity index (χ4v) is 3.55. The number of likely N-dealkylation sites (N-methyl/N-ethyl adjacent to an activating group) is 1. The number of aryl methyl sites for hydroxylation is 1. The van der Waals surface area contributed by atoms with Crippen LogP contribution in [0.1, 0.15) is 10.6 Å². The molecule has 2 rings (SSSR count). The number of hydrogen-bond acceptors (Lipinski definition) is 4. The average Bonchev–Trinajstić information content (AvgIpc) is 2.89. The van der Waals surface area contributed by atoms with Crippen LogP contribution in [0.25, 0.3) is 0 Å². The summed E-state index contributed by atoms with van der Waals surface area (Å²) in [5.41, 5.74) is 1.35. The van der Waals surface area contributed by atoms with Gasteiger partial charge in [-0.1, -0.05) is 18.2 Å². The van der Waals surface area contributed by atoms with Crippen molar-refractivity contribution in [1.82, 2.24) is 10.3 Å². The highest BCUT2D eigenvalue weighted by molar-refractivity contribution is 7.99. The van der Waals surface area contributed by atoms with Crippen LogP contribution in [-0.4, -0.2) is 23.8 Å². The Hall–Kier alpha value is -0.840. The van der Waals surface area contributed by atoms with Gasteiger partial charge >= 0.3 is 0 Å². The summed E-state index contributed by atoms with van der Waals surface area (Å²) in [4.78, 5) is 5.72. The Labute approximate surface area is 117 Å². The molecule has 0 amide bonds. The number of rotatable bonds is 6. The predicted octanol–water partition coefficient (Wildman–Crippen LogP) is 3.37. The number of nitrogens with one attached hydrogen (secondary N) is 1. The van der Waals surface area contributed by atoms with E-state index in [1.165, 1.54) is 15.5 Å². The van der Waals surface area contributed by atoms with Gasteiger partial charge in [0.2, 0.25) is 0 Å². The van der Waals surface area contributed by atoms with Crippen molar-refractivity contribution in [2.75, 3.05) is 12.8 Å². The van der Waals surface area contributed by atoms with Crippen molar-refractivity contribution in [3.05, 3.63) is 46.4 Å². The van der Waals surface area contributed by atoms with Crippen molar-refractivity contribution in [2.45, 2.75) is 24.3 Å². The Morgan fingerprint density at radius 3 is 2.89 bits per heavy atom. The van der Waals surface area contributed by atoms with Gasteiger partial charge in [-0.15, -0.1) is 23.1 Å². The molecule has 1 aromatic heterocycles. The molecule has 0 aliphatic heterocycles. The Morgan fingerprint density at radius 2 is 2.22 bits per heavy atom. The summed E-state index contributed by atoms with van der Waals surface area (Å²) < 4.78 is 0. The summed E-state index contributed by atoms with van der Waals surface area (Å²) in [5.74, 6) is 1.07. The number of nitrogens with zero attached hydrogens (tertiary/aromatic N) is 1. The van der Waals surface area contributed by atoms with Crippen molar-refractivity contribution in [2.24, 2.45) is 0 Å². The fourth-order valence-electron chi connectivity index (χ4n) is 1.72. The third kappa shape index (κ3) is 3.83. The minimum atomic E-state index is 0.473. The predicted molar refractivity (Wildman–Crippen MR) is 80.6 cm³/mol. The Kier molecular flexibility index (Phi) is 5.23. The van der Waals surface area contributed by atoms with E-state index in [1.807, 2.05) is 30.4 Å². The molecule has 1 unspecified atom stereocenters. The number of hydrogen-bond donors (Lipinski definition) is 1. The van der Waals surface area contributed by atoms with Crippen LogP contribution in [0.15, 0.2) is 40.7 Å². The molecule has 0 radical (unpaired) electrons. The zero-order valence-electron chi connectivity index (χ0n) is 10.7. The van der Waals surface area contributed by atoms with Gasteiger partial charge < -0.3 is 5.32 Å². The van der Waals surface area contributed by atoms with Gasteiger partial charge in [-0.05, 0) is 25.6 Å². The molecule has 0 saturated heterocycles. The lowest BCUT2D eigenvalue weighted by Crippen LogP contribution is -2.30. The summed E-state index contributed by atoms with van der Waals surface area (Å²) in [7, 11) is 2.02. The van der Waals surface area contributed by atoms with Crippen molar-refractivity contribution in [3.8, 4) is 0 Å². The average molecular weight is 278 g/mol. The quantitative estimate of drug-likeness (QED) is 0.820. The van der Waals surface area contributed by atoms with Gasteiger partial charge in [-0.25, -0.2) is 4.98 Å². The maximum absolute atomic E-state index is 4.35.